The number of aryl methyl sites for hydroxylation is 1. The molecule has 2 heterocycles. The van der Waals surface area contributed by atoms with E-state index in [9.17, 15) is 0 Å². The first-order valence-electron chi connectivity index (χ1n) is 6.60. The number of H-pyrrole nitrogens is 1. The third-order valence-electron chi connectivity index (χ3n) is 3.20. The van der Waals surface area contributed by atoms with Gasteiger partial charge in [0.25, 0.3) is 0 Å². The molecule has 0 spiro atoms. The van der Waals surface area contributed by atoms with Crippen LogP contribution in [-0.4, -0.2) is 47.9 Å². The van der Waals surface area contributed by atoms with Crippen LogP contribution in [0, 0.1) is 6.92 Å². The molecule has 3 rings (SSSR count). The highest BCUT2D eigenvalue weighted by Gasteiger charge is 2.09. The molecule has 1 fully saturated rings. The van der Waals surface area contributed by atoms with Gasteiger partial charge in [0, 0.05) is 26.2 Å². The summed E-state index contributed by atoms with van der Waals surface area (Å²) in [6.07, 6.45) is 0. The Labute approximate surface area is 112 Å². The average Bonchev–Trinajstić information content (AvgIpc) is 2.82. The molecule has 1 aliphatic rings. The Morgan fingerprint density at radius 2 is 2.21 bits per heavy atom. The molecule has 1 aromatic heterocycles. The molecule has 0 aliphatic carbocycles. The van der Waals surface area contributed by atoms with Crippen molar-refractivity contribution in [2.45, 2.75) is 6.92 Å². The number of anilines is 1. The van der Waals surface area contributed by atoms with Gasteiger partial charge in [0.2, 0.25) is 5.95 Å². The minimum Gasteiger partial charge on any atom is -0.331 e. The first-order valence-corrected chi connectivity index (χ1v) is 6.60. The van der Waals surface area contributed by atoms with Crippen LogP contribution in [0.3, 0.4) is 0 Å². The van der Waals surface area contributed by atoms with E-state index in [4.69, 9.17) is 4.84 Å². The number of aromatic nitrogens is 2. The summed E-state index contributed by atoms with van der Waals surface area (Å²) in [5.74, 6) is 0.746. The molecule has 2 aromatic rings. The van der Waals surface area contributed by atoms with Gasteiger partial charge in [0.15, 0.2) is 0 Å². The van der Waals surface area contributed by atoms with Crippen LogP contribution in [0.1, 0.15) is 5.56 Å². The Hall–Kier alpha value is -1.63. The van der Waals surface area contributed by atoms with Crippen LogP contribution in [0.5, 0.6) is 0 Å². The summed E-state index contributed by atoms with van der Waals surface area (Å²) in [4.78, 5) is 13.3. The summed E-state index contributed by atoms with van der Waals surface area (Å²) in [5.41, 5.74) is 3.24. The Morgan fingerprint density at radius 1 is 1.37 bits per heavy atom. The third-order valence-corrected chi connectivity index (χ3v) is 3.20. The van der Waals surface area contributed by atoms with Gasteiger partial charge in [-0.3, -0.25) is 4.84 Å². The zero-order chi connectivity index (χ0) is 13.1. The molecule has 6 nitrogen and oxygen atoms in total. The Balaban J connectivity index is 1.56. The molecule has 6 heteroatoms. The van der Waals surface area contributed by atoms with Crippen molar-refractivity contribution >= 4 is 17.0 Å². The van der Waals surface area contributed by atoms with E-state index in [2.05, 4.69) is 39.7 Å². The summed E-state index contributed by atoms with van der Waals surface area (Å²) in [7, 11) is 0. The monoisotopic (exact) mass is 261 g/mol. The Bertz CT molecular complexity index is 547. The van der Waals surface area contributed by atoms with Gasteiger partial charge in [-0.25, -0.2) is 4.98 Å². The van der Waals surface area contributed by atoms with Crippen molar-refractivity contribution in [3.8, 4) is 0 Å². The molecule has 0 radical (unpaired) electrons. The first-order chi connectivity index (χ1) is 9.31. The number of imidazole rings is 1. The van der Waals surface area contributed by atoms with Crippen LogP contribution >= 0.6 is 0 Å². The number of piperazine rings is 1. The largest absolute Gasteiger partial charge is 0.331 e. The second kappa shape index (κ2) is 5.56. The maximum atomic E-state index is 5.63. The van der Waals surface area contributed by atoms with Gasteiger partial charge in [-0.15, -0.1) is 0 Å². The highest BCUT2D eigenvalue weighted by Crippen LogP contribution is 2.15. The number of nitrogens with one attached hydrogen (secondary N) is 3. The van der Waals surface area contributed by atoms with Gasteiger partial charge in [-0.1, -0.05) is 6.07 Å². The van der Waals surface area contributed by atoms with E-state index in [0.717, 1.165) is 43.2 Å². The van der Waals surface area contributed by atoms with Crippen molar-refractivity contribution in [2.24, 2.45) is 0 Å². The van der Waals surface area contributed by atoms with E-state index in [0.29, 0.717) is 6.73 Å². The van der Waals surface area contributed by atoms with Gasteiger partial charge in [0.1, 0.15) is 6.73 Å². The van der Waals surface area contributed by atoms with E-state index in [1.807, 2.05) is 11.1 Å². The van der Waals surface area contributed by atoms with Gasteiger partial charge < -0.3 is 15.6 Å². The predicted molar refractivity (Wildman–Crippen MR) is 74.8 cm³/mol. The van der Waals surface area contributed by atoms with Crippen LogP contribution in [0.15, 0.2) is 18.2 Å². The number of hydroxylamine groups is 2. The van der Waals surface area contributed by atoms with Gasteiger partial charge >= 0.3 is 0 Å². The fourth-order valence-corrected chi connectivity index (χ4v) is 2.17. The summed E-state index contributed by atoms with van der Waals surface area (Å²) < 4.78 is 0. The summed E-state index contributed by atoms with van der Waals surface area (Å²) in [6.45, 7) is 6.29. The number of aromatic amines is 1. The standard InChI is InChI=1S/C13H19N5O/c1-10-2-3-11-12(8-10)17-13(16-11)15-9-19-18-6-4-14-5-7-18/h2-3,8,14H,4-7,9H2,1H3,(H2,15,16,17). The molecule has 1 aliphatic heterocycles. The van der Waals surface area contributed by atoms with Crippen LogP contribution in [0.25, 0.3) is 11.0 Å². The molecular formula is C13H19N5O. The molecule has 1 saturated heterocycles. The summed E-state index contributed by atoms with van der Waals surface area (Å²) >= 11 is 0. The minimum atomic E-state index is 0.429. The predicted octanol–water partition coefficient (Wildman–Crippen LogP) is 1.08. The van der Waals surface area contributed by atoms with Gasteiger partial charge in [-0.05, 0) is 24.6 Å². The molecule has 1 aromatic carbocycles. The highest BCUT2D eigenvalue weighted by atomic mass is 16.7. The van der Waals surface area contributed by atoms with E-state index in [1.165, 1.54) is 5.56 Å². The van der Waals surface area contributed by atoms with Crippen LogP contribution in [0.4, 0.5) is 5.95 Å². The lowest BCUT2D eigenvalue weighted by molar-refractivity contribution is -0.157. The highest BCUT2D eigenvalue weighted by molar-refractivity contribution is 5.78. The molecule has 0 amide bonds. The first kappa shape index (κ1) is 12.4. The molecule has 0 bridgehead atoms. The topological polar surface area (TPSA) is 65.2 Å². The van der Waals surface area contributed by atoms with Gasteiger partial charge in [-0.2, -0.15) is 5.06 Å². The maximum Gasteiger partial charge on any atom is 0.203 e. The number of benzene rings is 1. The summed E-state index contributed by atoms with van der Waals surface area (Å²) in [6, 6.07) is 6.17. The lowest BCUT2D eigenvalue weighted by Gasteiger charge is -2.26. The molecule has 0 atom stereocenters. The van der Waals surface area contributed by atoms with E-state index >= 15 is 0 Å². The van der Waals surface area contributed by atoms with Crippen LogP contribution < -0.4 is 10.6 Å². The second-order valence-corrected chi connectivity index (χ2v) is 4.74. The normalized spacial score (nSPS) is 16.9. The quantitative estimate of drug-likeness (QED) is 0.719. The number of nitrogens with zero attached hydrogens (tertiary/aromatic N) is 2. The van der Waals surface area contributed by atoms with E-state index in [-0.39, 0.29) is 0 Å². The third kappa shape index (κ3) is 3.04. The van der Waals surface area contributed by atoms with Crippen molar-refractivity contribution in [1.82, 2.24) is 20.3 Å². The fraction of sp³-hybridized carbons (Fsp3) is 0.462. The van der Waals surface area contributed by atoms with Crippen molar-refractivity contribution in [1.29, 1.82) is 0 Å². The van der Waals surface area contributed by atoms with Crippen molar-refractivity contribution in [2.75, 3.05) is 38.2 Å². The smallest absolute Gasteiger partial charge is 0.203 e. The van der Waals surface area contributed by atoms with Crippen molar-refractivity contribution in [3.63, 3.8) is 0 Å². The zero-order valence-electron chi connectivity index (χ0n) is 11.1. The molecule has 0 unspecified atom stereocenters. The lowest BCUT2D eigenvalue weighted by atomic mass is 10.2. The minimum absolute atomic E-state index is 0.429. The maximum absolute atomic E-state index is 5.63. The van der Waals surface area contributed by atoms with Gasteiger partial charge in [0.05, 0.1) is 11.0 Å². The van der Waals surface area contributed by atoms with Crippen LogP contribution in [0.2, 0.25) is 0 Å². The molecule has 19 heavy (non-hydrogen) atoms. The average molecular weight is 261 g/mol. The number of fused-ring (bicyclic) bond motifs is 1. The number of hydrogen-bond acceptors (Lipinski definition) is 5. The zero-order valence-corrected chi connectivity index (χ0v) is 11.1. The SMILES string of the molecule is Cc1ccc2nc(NCON3CCNCC3)[nH]c2c1. The molecule has 102 valence electrons. The van der Waals surface area contributed by atoms with Crippen molar-refractivity contribution in [3.05, 3.63) is 23.8 Å². The van der Waals surface area contributed by atoms with E-state index in [1.54, 1.807) is 0 Å². The molecule has 3 N–H and O–H groups in total. The lowest BCUT2D eigenvalue weighted by Crippen LogP contribution is -2.43. The van der Waals surface area contributed by atoms with Crippen LogP contribution in [-0.2, 0) is 4.84 Å². The van der Waals surface area contributed by atoms with E-state index < -0.39 is 0 Å². The Morgan fingerprint density at radius 3 is 3.05 bits per heavy atom. The number of hydrogen-bond donors (Lipinski definition) is 3. The van der Waals surface area contributed by atoms with Crippen molar-refractivity contribution < 1.29 is 4.84 Å². The molecular weight excluding hydrogens is 242 g/mol. The number of rotatable bonds is 4. The Kier molecular flexibility index (Phi) is 3.63. The summed E-state index contributed by atoms with van der Waals surface area (Å²) in [5, 5.41) is 8.40. The molecule has 0 saturated carbocycles. The second-order valence-electron chi connectivity index (χ2n) is 4.74. The fourth-order valence-electron chi connectivity index (χ4n) is 2.17.